The second-order valence-electron chi connectivity index (χ2n) is 5.74. The number of carboxylic acids is 1. The molecule has 0 aromatic carbocycles. The van der Waals surface area contributed by atoms with Gasteiger partial charge in [-0.3, -0.25) is 19.2 Å². The normalized spacial score (nSPS) is 20.5. The molecule has 0 bridgehead atoms. The molecule has 8 nitrogen and oxygen atoms in total. The van der Waals surface area contributed by atoms with Gasteiger partial charge in [-0.25, -0.2) is 0 Å². The first kappa shape index (κ1) is 18.1. The van der Waals surface area contributed by atoms with Crippen molar-refractivity contribution in [2.45, 2.75) is 51.2 Å². The van der Waals surface area contributed by atoms with Gasteiger partial charge in [0.15, 0.2) is 0 Å². The Hall–Kier alpha value is -1.96. The molecule has 0 unspecified atom stereocenters. The molecule has 0 aromatic heterocycles. The Morgan fingerprint density at radius 1 is 1.41 bits per heavy atom. The van der Waals surface area contributed by atoms with Crippen LogP contribution < -0.4 is 11.1 Å². The predicted molar refractivity (Wildman–Crippen MR) is 77.4 cm³/mol. The fourth-order valence-electron chi connectivity index (χ4n) is 2.39. The number of carboxylic acid groups (broad SMARTS) is 1. The van der Waals surface area contributed by atoms with Gasteiger partial charge in [0, 0.05) is 6.54 Å². The van der Waals surface area contributed by atoms with E-state index in [2.05, 4.69) is 5.32 Å². The zero-order chi connectivity index (χ0) is 16.9. The maximum Gasteiger partial charge on any atom is 0.305 e. The Labute approximate surface area is 129 Å². The summed E-state index contributed by atoms with van der Waals surface area (Å²) >= 11 is 0. The molecule has 123 valence electrons. The summed E-state index contributed by atoms with van der Waals surface area (Å²) < 4.78 is 0. The minimum atomic E-state index is -1.22. The molecule has 22 heavy (non-hydrogen) atoms. The van der Waals surface area contributed by atoms with Crippen LogP contribution in [-0.2, 0) is 19.2 Å². The lowest BCUT2D eigenvalue weighted by atomic mass is 10.0. The van der Waals surface area contributed by atoms with E-state index in [1.807, 2.05) is 6.29 Å². The summed E-state index contributed by atoms with van der Waals surface area (Å²) in [5.41, 5.74) is 5.49. The maximum atomic E-state index is 12.5. The van der Waals surface area contributed by atoms with Crippen LogP contribution in [0.25, 0.3) is 0 Å². The number of nitrogens with one attached hydrogen (secondary N) is 1. The number of nitrogens with zero attached hydrogens (tertiary/aromatic N) is 1. The van der Waals surface area contributed by atoms with Gasteiger partial charge in [0.05, 0.1) is 18.5 Å². The summed E-state index contributed by atoms with van der Waals surface area (Å²) in [6.45, 7) is 3.95. The van der Waals surface area contributed by atoms with Gasteiger partial charge in [-0.1, -0.05) is 13.8 Å². The third-order valence-corrected chi connectivity index (χ3v) is 3.63. The molecule has 0 aromatic rings. The second-order valence-corrected chi connectivity index (χ2v) is 5.74. The first-order chi connectivity index (χ1) is 10.3. The van der Waals surface area contributed by atoms with Crippen molar-refractivity contribution in [2.75, 3.05) is 6.54 Å². The van der Waals surface area contributed by atoms with Crippen molar-refractivity contribution >= 4 is 24.1 Å². The highest BCUT2D eigenvalue weighted by Crippen LogP contribution is 2.18. The zero-order valence-electron chi connectivity index (χ0n) is 12.7. The highest BCUT2D eigenvalue weighted by molar-refractivity contribution is 5.92. The third kappa shape index (κ3) is 4.52. The fraction of sp³-hybridized carbons (Fsp3) is 0.714. The molecule has 1 aliphatic rings. The molecular weight excluding hydrogens is 290 g/mol. The van der Waals surface area contributed by atoms with Gasteiger partial charge in [-0.15, -0.1) is 0 Å². The highest BCUT2D eigenvalue weighted by Gasteiger charge is 2.36. The van der Waals surface area contributed by atoms with Gasteiger partial charge in [0.2, 0.25) is 18.1 Å². The Bertz CT molecular complexity index is 452. The van der Waals surface area contributed by atoms with Crippen molar-refractivity contribution in [2.24, 2.45) is 11.7 Å². The predicted octanol–water partition coefficient (Wildman–Crippen LogP) is -0.970. The van der Waals surface area contributed by atoms with Crippen LogP contribution in [0.2, 0.25) is 0 Å². The summed E-state index contributed by atoms with van der Waals surface area (Å²) in [5.74, 6) is -2.47. The zero-order valence-corrected chi connectivity index (χ0v) is 12.7. The van der Waals surface area contributed by atoms with Gasteiger partial charge < -0.3 is 21.1 Å². The molecule has 0 aliphatic carbocycles. The number of aliphatic carboxylic acids is 1. The largest absolute Gasteiger partial charge is 0.481 e. The van der Waals surface area contributed by atoms with Gasteiger partial charge in [0.25, 0.3) is 0 Å². The van der Waals surface area contributed by atoms with Crippen LogP contribution in [0.15, 0.2) is 0 Å². The topological polar surface area (TPSA) is 130 Å². The van der Waals surface area contributed by atoms with Crippen LogP contribution in [0.1, 0.15) is 33.1 Å². The van der Waals surface area contributed by atoms with Crippen molar-refractivity contribution in [3.63, 3.8) is 0 Å². The number of carbonyl (C=O) groups excluding carboxylic acids is 3. The van der Waals surface area contributed by atoms with E-state index in [9.17, 15) is 19.2 Å². The molecule has 0 spiro atoms. The van der Waals surface area contributed by atoms with E-state index in [-0.39, 0.29) is 11.8 Å². The summed E-state index contributed by atoms with van der Waals surface area (Å²) in [6, 6.07) is -2.65. The summed E-state index contributed by atoms with van der Waals surface area (Å²) in [7, 11) is 0. The van der Waals surface area contributed by atoms with Crippen molar-refractivity contribution in [3.8, 4) is 0 Å². The quantitative estimate of drug-likeness (QED) is 0.554. The lowest BCUT2D eigenvalue weighted by Gasteiger charge is -2.29. The molecule has 2 amide bonds. The van der Waals surface area contributed by atoms with Gasteiger partial charge >= 0.3 is 5.97 Å². The van der Waals surface area contributed by atoms with E-state index >= 15 is 0 Å². The van der Waals surface area contributed by atoms with Crippen LogP contribution in [0.3, 0.4) is 0 Å². The Morgan fingerprint density at radius 2 is 2.05 bits per heavy atom. The number of rotatable bonds is 7. The minimum Gasteiger partial charge on any atom is -0.481 e. The Kier molecular flexibility index (Phi) is 6.48. The lowest BCUT2D eigenvalue weighted by molar-refractivity contribution is -0.140. The summed E-state index contributed by atoms with van der Waals surface area (Å²) in [6.07, 6.45) is 2.59. The first-order valence-electron chi connectivity index (χ1n) is 7.23. The summed E-state index contributed by atoms with van der Waals surface area (Å²) in [4.78, 5) is 47.3. The molecule has 1 radical (unpaired) electrons. The number of nitrogens with two attached hydrogens (primary N) is 1. The van der Waals surface area contributed by atoms with Gasteiger partial charge in [-0.2, -0.15) is 0 Å². The molecule has 1 heterocycles. The van der Waals surface area contributed by atoms with E-state index in [4.69, 9.17) is 10.8 Å². The molecule has 8 heteroatoms. The molecule has 1 rings (SSSR count). The lowest BCUT2D eigenvalue weighted by Crippen LogP contribution is -2.55. The van der Waals surface area contributed by atoms with Crippen molar-refractivity contribution in [3.05, 3.63) is 0 Å². The van der Waals surface area contributed by atoms with Crippen molar-refractivity contribution < 1.29 is 24.3 Å². The van der Waals surface area contributed by atoms with E-state index in [1.54, 1.807) is 13.8 Å². The van der Waals surface area contributed by atoms with Crippen LogP contribution in [0.4, 0.5) is 0 Å². The van der Waals surface area contributed by atoms with Crippen LogP contribution in [-0.4, -0.2) is 58.7 Å². The number of amides is 2. The first-order valence-corrected chi connectivity index (χ1v) is 7.23. The van der Waals surface area contributed by atoms with Crippen molar-refractivity contribution in [1.82, 2.24) is 10.2 Å². The average Bonchev–Trinajstić information content (AvgIpc) is 2.90. The van der Waals surface area contributed by atoms with Crippen molar-refractivity contribution in [1.29, 1.82) is 0 Å². The van der Waals surface area contributed by atoms with Gasteiger partial charge in [-0.05, 0) is 18.8 Å². The maximum absolute atomic E-state index is 12.5. The standard InChI is InChI=1S/C14H22N3O5/c1-8(2)12(16-13(21)10(15)6-11(19)20)14(22)17-5-3-4-9(17)7-18/h8-10,12H,3-6,15H2,1-2H3,(H,16,21)(H,19,20)/t9-,10-,12-/m0/s1. The number of carbonyl (C=O) groups is 3. The average molecular weight is 312 g/mol. The van der Waals surface area contributed by atoms with Crippen LogP contribution in [0, 0.1) is 5.92 Å². The smallest absolute Gasteiger partial charge is 0.305 e. The van der Waals surface area contributed by atoms with E-state index in [0.29, 0.717) is 19.4 Å². The fourth-order valence-corrected chi connectivity index (χ4v) is 2.39. The van der Waals surface area contributed by atoms with Crippen LogP contribution >= 0.6 is 0 Å². The molecule has 1 fully saturated rings. The second kappa shape index (κ2) is 7.88. The minimum absolute atomic E-state index is 0.221. The monoisotopic (exact) mass is 312 g/mol. The third-order valence-electron chi connectivity index (χ3n) is 3.63. The summed E-state index contributed by atoms with van der Waals surface area (Å²) in [5, 5.41) is 11.1. The number of hydrogen-bond acceptors (Lipinski definition) is 5. The molecule has 1 aliphatic heterocycles. The Balaban J connectivity index is 2.76. The van der Waals surface area contributed by atoms with Gasteiger partial charge in [0.1, 0.15) is 6.04 Å². The molecule has 4 N–H and O–H groups in total. The molecule has 3 atom stereocenters. The molecule has 0 saturated carbocycles. The Morgan fingerprint density at radius 3 is 2.55 bits per heavy atom. The van der Waals surface area contributed by atoms with E-state index in [1.165, 1.54) is 4.90 Å². The van der Waals surface area contributed by atoms with E-state index < -0.39 is 36.4 Å². The number of likely N-dealkylation sites (tertiary alicyclic amines) is 1. The van der Waals surface area contributed by atoms with E-state index in [0.717, 1.165) is 0 Å². The molecular formula is C14H22N3O5. The molecule has 1 saturated heterocycles. The highest BCUT2D eigenvalue weighted by atomic mass is 16.4. The SMILES string of the molecule is CC(C)[C@H](NC(=O)[C@@H](N)CC(=O)O)C(=O)N1CCC[C@H]1[C]=O. The number of hydrogen-bond donors (Lipinski definition) is 3. The van der Waals surface area contributed by atoms with Crippen LogP contribution in [0.5, 0.6) is 0 Å².